The van der Waals surface area contributed by atoms with Gasteiger partial charge in [0.05, 0.1) is 32.0 Å². The summed E-state index contributed by atoms with van der Waals surface area (Å²) >= 11 is 0. The maximum absolute atomic E-state index is 12.9. The molecule has 52 heavy (non-hydrogen) atoms. The number of rotatable bonds is 29. The lowest BCUT2D eigenvalue weighted by atomic mass is 9.97. The third kappa shape index (κ3) is 16.8. The largest absolute Gasteiger partial charge is 0.394 e. The molecule has 0 aromatic rings. The molecule has 0 saturated carbocycles. The summed E-state index contributed by atoms with van der Waals surface area (Å²) in [7, 11) is 0. The Morgan fingerprint density at radius 1 is 0.615 bits per heavy atom. The van der Waals surface area contributed by atoms with Gasteiger partial charge in [0.25, 0.3) is 0 Å². The molecule has 2 rings (SSSR count). The number of ether oxygens (including phenoxy) is 4. The van der Waals surface area contributed by atoms with Gasteiger partial charge in [-0.3, -0.25) is 4.79 Å². The van der Waals surface area contributed by atoms with Crippen molar-refractivity contribution in [2.45, 2.75) is 216 Å². The first-order valence-corrected chi connectivity index (χ1v) is 20.3. The number of hydrogen-bond donors (Lipinski definition) is 9. The zero-order valence-corrected chi connectivity index (χ0v) is 31.8. The number of hydrogen-bond acceptors (Lipinski definition) is 13. The Labute approximate surface area is 311 Å². The average Bonchev–Trinajstić information content (AvgIpc) is 3.14. The summed E-state index contributed by atoms with van der Waals surface area (Å²) in [6, 6.07) is -0.815. The lowest BCUT2D eigenvalue weighted by molar-refractivity contribution is -0.359. The second kappa shape index (κ2) is 27.6. The van der Waals surface area contributed by atoms with E-state index in [0.717, 1.165) is 51.4 Å². The molecule has 2 heterocycles. The fraction of sp³-hybridized carbons (Fsp3) is 0.974. The molecule has 308 valence electrons. The first-order chi connectivity index (χ1) is 25.1. The van der Waals surface area contributed by atoms with E-state index >= 15 is 0 Å². The van der Waals surface area contributed by atoms with Crippen LogP contribution in [0.1, 0.15) is 142 Å². The van der Waals surface area contributed by atoms with Crippen LogP contribution in [0, 0.1) is 0 Å². The number of unbranched alkanes of at least 4 members (excludes halogenated alkanes) is 16. The number of nitrogens with one attached hydrogen (secondary N) is 1. The van der Waals surface area contributed by atoms with Gasteiger partial charge in [-0.25, -0.2) is 0 Å². The molecule has 14 heteroatoms. The molecular weight excluding hydrogens is 678 g/mol. The summed E-state index contributed by atoms with van der Waals surface area (Å²) in [4.78, 5) is 12.9. The lowest BCUT2D eigenvalue weighted by Crippen LogP contribution is -2.65. The molecule has 0 spiro atoms. The molecule has 0 aromatic heterocycles. The fourth-order valence-electron chi connectivity index (χ4n) is 6.88. The molecule has 2 fully saturated rings. The third-order valence-electron chi connectivity index (χ3n) is 10.3. The van der Waals surface area contributed by atoms with E-state index in [4.69, 9.17) is 18.9 Å². The van der Waals surface area contributed by atoms with Crippen LogP contribution < -0.4 is 5.32 Å². The van der Waals surface area contributed by atoms with Crippen molar-refractivity contribution in [1.29, 1.82) is 0 Å². The zero-order valence-electron chi connectivity index (χ0n) is 31.8. The molecule has 0 radical (unpaired) electrons. The van der Waals surface area contributed by atoms with Gasteiger partial charge in [0.15, 0.2) is 12.6 Å². The smallest absolute Gasteiger partial charge is 0.220 e. The van der Waals surface area contributed by atoms with Crippen LogP contribution in [0.3, 0.4) is 0 Å². The molecule has 12 atom stereocenters. The van der Waals surface area contributed by atoms with Crippen LogP contribution in [0.2, 0.25) is 0 Å². The normalized spacial score (nSPS) is 30.7. The van der Waals surface area contributed by atoms with E-state index in [-0.39, 0.29) is 12.5 Å². The van der Waals surface area contributed by atoms with Crippen LogP contribution in [-0.4, -0.2) is 140 Å². The van der Waals surface area contributed by atoms with Crippen LogP contribution in [-0.2, 0) is 23.7 Å². The van der Waals surface area contributed by atoms with Crippen LogP contribution in [0.25, 0.3) is 0 Å². The predicted molar refractivity (Wildman–Crippen MR) is 194 cm³/mol. The molecule has 0 aliphatic carbocycles. The molecule has 9 N–H and O–H groups in total. The highest BCUT2D eigenvalue weighted by molar-refractivity contribution is 5.76. The maximum atomic E-state index is 12.9. The Balaban J connectivity index is 1.83. The number of carbonyl (C=O) groups is 1. The maximum Gasteiger partial charge on any atom is 0.220 e. The summed E-state index contributed by atoms with van der Waals surface area (Å²) in [5.41, 5.74) is 0. The number of aliphatic hydroxyl groups excluding tert-OH is 8. The number of aliphatic hydroxyl groups is 8. The SMILES string of the molecule is CCCCCCCCCCCCCCCCC(=O)NC(COC1OC(CO)C(OC2OC(CO)C(O)C(O)C2O)C(O)C1O)C(O)CCCCCC. The average molecular weight is 752 g/mol. The van der Waals surface area contributed by atoms with Crippen molar-refractivity contribution >= 4 is 5.91 Å². The predicted octanol–water partition coefficient (Wildman–Crippen LogP) is 2.31. The minimum absolute atomic E-state index is 0.216. The van der Waals surface area contributed by atoms with Gasteiger partial charge in [-0.15, -0.1) is 0 Å². The molecule has 2 aliphatic rings. The van der Waals surface area contributed by atoms with Gasteiger partial charge in [-0.2, -0.15) is 0 Å². The summed E-state index contributed by atoms with van der Waals surface area (Å²) < 4.78 is 22.5. The van der Waals surface area contributed by atoms with Crippen molar-refractivity contribution in [3.8, 4) is 0 Å². The molecule has 2 saturated heterocycles. The highest BCUT2D eigenvalue weighted by atomic mass is 16.7. The van der Waals surface area contributed by atoms with Gasteiger partial charge in [0, 0.05) is 6.42 Å². The quantitative estimate of drug-likeness (QED) is 0.0501. The molecule has 0 aromatic carbocycles. The standard InChI is InChI=1S/C38H73NO13/c1-3-5-7-9-10-11-12-13-14-15-16-17-18-20-22-30(43)39-26(27(42)21-19-8-6-4-2)25-49-37-35(48)33(46)36(29(24-41)51-37)52-38-34(47)32(45)31(44)28(23-40)50-38/h26-29,31-38,40-42,44-48H,3-25H2,1-2H3,(H,39,43). The highest BCUT2D eigenvalue weighted by Crippen LogP contribution is 2.30. The Bertz CT molecular complexity index is 899. The summed E-state index contributed by atoms with van der Waals surface area (Å²) in [6.45, 7) is 2.69. The van der Waals surface area contributed by atoms with E-state index in [1.807, 2.05) is 0 Å². The Hall–Kier alpha value is -1.01. The third-order valence-corrected chi connectivity index (χ3v) is 10.3. The number of carbonyl (C=O) groups excluding carboxylic acids is 1. The minimum atomic E-state index is -1.77. The summed E-state index contributed by atoms with van der Waals surface area (Å²) in [5.74, 6) is -0.216. The molecule has 1 amide bonds. The monoisotopic (exact) mass is 752 g/mol. The van der Waals surface area contributed by atoms with Crippen molar-refractivity contribution in [2.75, 3.05) is 19.8 Å². The van der Waals surface area contributed by atoms with E-state index in [1.165, 1.54) is 64.2 Å². The van der Waals surface area contributed by atoms with Gasteiger partial charge in [-0.05, 0) is 12.8 Å². The van der Waals surface area contributed by atoms with E-state index in [2.05, 4.69) is 19.2 Å². The van der Waals surface area contributed by atoms with Gasteiger partial charge in [0.2, 0.25) is 5.91 Å². The van der Waals surface area contributed by atoms with Crippen LogP contribution in [0.4, 0.5) is 0 Å². The molecule has 2 aliphatic heterocycles. The van der Waals surface area contributed by atoms with Crippen molar-refractivity contribution in [2.24, 2.45) is 0 Å². The van der Waals surface area contributed by atoms with E-state index in [0.29, 0.717) is 12.8 Å². The molecule has 0 bridgehead atoms. The van der Waals surface area contributed by atoms with E-state index in [9.17, 15) is 45.6 Å². The Morgan fingerprint density at radius 2 is 1.10 bits per heavy atom. The van der Waals surface area contributed by atoms with Gasteiger partial charge in [-0.1, -0.05) is 123 Å². The number of amides is 1. The van der Waals surface area contributed by atoms with Crippen molar-refractivity contribution in [1.82, 2.24) is 5.32 Å². The van der Waals surface area contributed by atoms with Gasteiger partial charge >= 0.3 is 0 Å². The lowest BCUT2D eigenvalue weighted by Gasteiger charge is -2.46. The second-order valence-corrected chi connectivity index (χ2v) is 14.8. The van der Waals surface area contributed by atoms with E-state index < -0.39 is 86.8 Å². The van der Waals surface area contributed by atoms with Crippen molar-refractivity contribution in [3.63, 3.8) is 0 Å². The van der Waals surface area contributed by atoms with Crippen molar-refractivity contribution < 1.29 is 64.6 Å². The second-order valence-electron chi connectivity index (χ2n) is 14.8. The molecule has 12 unspecified atom stereocenters. The topological polar surface area (TPSA) is 228 Å². The Kier molecular flexibility index (Phi) is 25.0. The first kappa shape index (κ1) is 47.1. The molecular formula is C38H73NO13. The van der Waals surface area contributed by atoms with Crippen LogP contribution in [0.15, 0.2) is 0 Å². The summed E-state index contributed by atoms with van der Waals surface area (Å²) in [5, 5.41) is 85.8. The summed E-state index contributed by atoms with van der Waals surface area (Å²) in [6.07, 6.45) is 4.84. The van der Waals surface area contributed by atoms with Gasteiger partial charge in [0.1, 0.15) is 48.8 Å². The minimum Gasteiger partial charge on any atom is -0.394 e. The van der Waals surface area contributed by atoms with Gasteiger partial charge < -0.3 is 65.1 Å². The Morgan fingerprint density at radius 3 is 1.63 bits per heavy atom. The van der Waals surface area contributed by atoms with E-state index in [1.54, 1.807) is 0 Å². The van der Waals surface area contributed by atoms with Crippen LogP contribution >= 0.6 is 0 Å². The highest BCUT2D eigenvalue weighted by Gasteiger charge is 2.50. The first-order valence-electron chi connectivity index (χ1n) is 20.3. The molecule has 14 nitrogen and oxygen atoms in total. The fourth-order valence-corrected chi connectivity index (χ4v) is 6.88. The zero-order chi connectivity index (χ0) is 38.3. The van der Waals surface area contributed by atoms with Crippen LogP contribution in [0.5, 0.6) is 0 Å². The van der Waals surface area contributed by atoms with Crippen molar-refractivity contribution in [3.05, 3.63) is 0 Å².